The molecule has 17 heavy (non-hydrogen) atoms. The molecule has 1 N–H and O–H groups in total. The van der Waals surface area contributed by atoms with Gasteiger partial charge in [0.05, 0.1) is 0 Å². The minimum atomic E-state index is 0.533. The average Bonchev–Trinajstić information content (AvgIpc) is 2.29. The van der Waals surface area contributed by atoms with E-state index in [1.165, 1.54) is 0 Å². The van der Waals surface area contributed by atoms with Gasteiger partial charge in [0.25, 0.3) is 0 Å². The normalized spacial score (nSPS) is 12.4. The molecule has 3 nitrogen and oxygen atoms in total. The van der Waals surface area contributed by atoms with Gasteiger partial charge in [-0.3, -0.25) is 0 Å². The van der Waals surface area contributed by atoms with Crippen molar-refractivity contribution in [2.24, 2.45) is 5.92 Å². The van der Waals surface area contributed by atoms with Crippen LogP contribution in [0.2, 0.25) is 0 Å². The molecule has 4 heteroatoms. The van der Waals surface area contributed by atoms with Crippen molar-refractivity contribution >= 4 is 15.9 Å². The summed E-state index contributed by atoms with van der Waals surface area (Å²) < 4.78 is 11.7. The van der Waals surface area contributed by atoms with Crippen LogP contribution in [0, 0.1) is 5.92 Å². The van der Waals surface area contributed by atoms with Gasteiger partial charge in [0.15, 0.2) is 0 Å². The van der Waals surface area contributed by atoms with Gasteiger partial charge in [0, 0.05) is 31.3 Å². The molecular formula is C13H20BrNO2. The highest BCUT2D eigenvalue weighted by Crippen LogP contribution is 2.17. The second kappa shape index (κ2) is 8.50. The van der Waals surface area contributed by atoms with E-state index in [-0.39, 0.29) is 0 Å². The Kier molecular flexibility index (Phi) is 7.24. The SMILES string of the molecule is COCC(C)CNCCOc1cccc(Br)c1. The quantitative estimate of drug-likeness (QED) is 0.749. The number of methoxy groups -OCH3 is 1. The molecule has 0 aliphatic heterocycles. The van der Waals surface area contributed by atoms with E-state index in [0.717, 1.165) is 29.9 Å². The van der Waals surface area contributed by atoms with Crippen LogP contribution >= 0.6 is 15.9 Å². The minimum Gasteiger partial charge on any atom is -0.492 e. The zero-order chi connectivity index (χ0) is 12.5. The van der Waals surface area contributed by atoms with Crippen molar-refractivity contribution in [2.45, 2.75) is 6.92 Å². The van der Waals surface area contributed by atoms with Crippen LogP contribution in [-0.4, -0.2) is 33.4 Å². The van der Waals surface area contributed by atoms with E-state index in [1.807, 2.05) is 24.3 Å². The highest BCUT2D eigenvalue weighted by atomic mass is 79.9. The average molecular weight is 302 g/mol. The lowest BCUT2D eigenvalue weighted by Gasteiger charge is -2.12. The van der Waals surface area contributed by atoms with Gasteiger partial charge in [0.2, 0.25) is 0 Å². The lowest BCUT2D eigenvalue weighted by Crippen LogP contribution is -2.27. The summed E-state index contributed by atoms with van der Waals surface area (Å²) in [5.41, 5.74) is 0. The lowest BCUT2D eigenvalue weighted by molar-refractivity contribution is 0.157. The predicted molar refractivity (Wildman–Crippen MR) is 73.5 cm³/mol. The first-order valence-electron chi connectivity index (χ1n) is 5.80. The monoisotopic (exact) mass is 301 g/mol. The number of nitrogens with one attached hydrogen (secondary N) is 1. The molecule has 0 aromatic heterocycles. The van der Waals surface area contributed by atoms with E-state index in [0.29, 0.717) is 12.5 Å². The molecule has 1 atom stereocenters. The summed E-state index contributed by atoms with van der Waals surface area (Å²) in [5.74, 6) is 1.43. The van der Waals surface area contributed by atoms with E-state index in [4.69, 9.17) is 9.47 Å². The molecule has 0 heterocycles. The van der Waals surface area contributed by atoms with Gasteiger partial charge in [-0.2, -0.15) is 0 Å². The Hall–Kier alpha value is -0.580. The summed E-state index contributed by atoms with van der Waals surface area (Å²) in [6, 6.07) is 7.87. The van der Waals surface area contributed by atoms with Gasteiger partial charge < -0.3 is 14.8 Å². The van der Waals surface area contributed by atoms with E-state index < -0.39 is 0 Å². The van der Waals surface area contributed by atoms with Gasteiger partial charge in [-0.15, -0.1) is 0 Å². The van der Waals surface area contributed by atoms with Gasteiger partial charge in [-0.05, 0) is 24.1 Å². The topological polar surface area (TPSA) is 30.5 Å². The summed E-state index contributed by atoms with van der Waals surface area (Å²) in [5, 5.41) is 3.34. The summed E-state index contributed by atoms with van der Waals surface area (Å²) in [7, 11) is 1.73. The first kappa shape index (κ1) is 14.5. The van der Waals surface area contributed by atoms with Crippen LogP contribution in [0.5, 0.6) is 5.75 Å². The second-order valence-electron chi connectivity index (χ2n) is 4.07. The van der Waals surface area contributed by atoms with E-state index in [2.05, 4.69) is 28.2 Å². The van der Waals surface area contributed by atoms with Crippen molar-refractivity contribution in [2.75, 3.05) is 33.4 Å². The Balaban J connectivity index is 2.08. The summed E-state index contributed by atoms with van der Waals surface area (Å²) in [6.45, 7) is 5.43. The third-order valence-electron chi connectivity index (χ3n) is 2.29. The van der Waals surface area contributed by atoms with Crippen molar-refractivity contribution in [3.63, 3.8) is 0 Å². The second-order valence-corrected chi connectivity index (χ2v) is 4.99. The predicted octanol–water partition coefficient (Wildman–Crippen LogP) is 2.70. The van der Waals surface area contributed by atoms with Gasteiger partial charge in [0.1, 0.15) is 12.4 Å². The van der Waals surface area contributed by atoms with Gasteiger partial charge in [-0.1, -0.05) is 28.9 Å². The Morgan fingerprint density at radius 2 is 2.24 bits per heavy atom. The Morgan fingerprint density at radius 3 is 2.94 bits per heavy atom. The van der Waals surface area contributed by atoms with E-state index >= 15 is 0 Å². The third-order valence-corrected chi connectivity index (χ3v) is 2.78. The standard InChI is InChI=1S/C13H20BrNO2/c1-11(10-16-2)9-15-6-7-17-13-5-3-4-12(14)8-13/h3-5,8,11,15H,6-7,9-10H2,1-2H3. The number of rotatable bonds is 8. The largest absolute Gasteiger partial charge is 0.492 e. The number of hydrogen-bond acceptors (Lipinski definition) is 3. The van der Waals surface area contributed by atoms with Crippen LogP contribution in [0.1, 0.15) is 6.92 Å². The fraction of sp³-hybridized carbons (Fsp3) is 0.538. The van der Waals surface area contributed by atoms with Crippen molar-refractivity contribution < 1.29 is 9.47 Å². The van der Waals surface area contributed by atoms with Crippen molar-refractivity contribution in [3.05, 3.63) is 28.7 Å². The molecule has 0 bridgehead atoms. The fourth-order valence-electron chi connectivity index (χ4n) is 1.49. The van der Waals surface area contributed by atoms with Gasteiger partial charge >= 0.3 is 0 Å². The van der Waals surface area contributed by atoms with Crippen LogP contribution in [-0.2, 0) is 4.74 Å². The molecule has 1 unspecified atom stereocenters. The maximum Gasteiger partial charge on any atom is 0.120 e. The minimum absolute atomic E-state index is 0.533. The molecule has 0 spiro atoms. The van der Waals surface area contributed by atoms with Crippen molar-refractivity contribution in [3.8, 4) is 5.75 Å². The van der Waals surface area contributed by atoms with Crippen LogP contribution in [0.25, 0.3) is 0 Å². The summed E-state index contributed by atoms with van der Waals surface area (Å²) >= 11 is 3.41. The van der Waals surface area contributed by atoms with E-state index in [1.54, 1.807) is 7.11 Å². The highest BCUT2D eigenvalue weighted by Gasteiger charge is 2.00. The molecule has 0 fully saturated rings. The lowest BCUT2D eigenvalue weighted by atomic mass is 10.2. The smallest absolute Gasteiger partial charge is 0.120 e. The molecule has 1 aromatic rings. The summed E-state index contributed by atoms with van der Waals surface area (Å²) in [6.07, 6.45) is 0. The van der Waals surface area contributed by atoms with Crippen molar-refractivity contribution in [1.29, 1.82) is 0 Å². The number of halogens is 1. The zero-order valence-corrected chi connectivity index (χ0v) is 12.0. The molecule has 0 saturated carbocycles. The third kappa shape index (κ3) is 6.66. The molecule has 0 radical (unpaired) electrons. The number of benzene rings is 1. The molecule has 1 rings (SSSR count). The maximum atomic E-state index is 5.60. The van der Waals surface area contributed by atoms with Gasteiger partial charge in [-0.25, -0.2) is 0 Å². The van der Waals surface area contributed by atoms with E-state index in [9.17, 15) is 0 Å². The maximum absolute atomic E-state index is 5.60. The Labute approximate surface area is 112 Å². The van der Waals surface area contributed by atoms with Crippen LogP contribution in [0.3, 0.4) is 0 Å². The fourth-order valence-corrected chi connectivity index (χ4v) is 1.87. The number of hydrogen-bond donors (Lipinski definition) is 1. The van der Waals surface area contributed by atoms with Crippen molar-refractivity contribution in [1.82, 2.24) is 5.32 Å². The van der Waals surface area contributed by atoms with Crippen LogP contribution in [0.4, 0.5) is 0 Å². The zero-order valence-electron chi connectivity index (χ0n) is 10.4. The molecule has 0 amide bonds. The highest BCUT2D eigenvalue weighted by molar-refractivity contribution is 9.10. The van der Waals surface area contributed by atoms with Crippen LogP contribution in [0.15, 0.2) is 28.7 Å². The first-order valence-corrected chi connectivity index (χ1v) is 6.59. The summed E-state index contributed by atoms with van der Waals surface area (Å²) in [4.78, 5) is 0. The van der Waals surface area contributed by atoms with Crippen LogP contribution < -0.4 is 10.1 Å². The molecular weight excluding hydrogens is 282 g/mol. The molecule has 0 aliphatic carbocycles. The molecule has 1 aromatic carbocycles. The molecule has 0 aliphatic rings. The number of ether oxygens (including phenoxy) is 2. The Bertz CT molecular complexity index is 320. The molecule has 96 valence electrons. The Morgan fingerprint density at radius 1 is 1.41 bits per heavy atom. The molecule has 0 saturated heterocycles. The first-order chi connectivity index (χ1) is 8.22.